The molecule has 0 saturated carbocycles. The second-order valence-corrected chi connectivity index (χ2v) is 11.1. The molecule has 0 unspecified atom stereocenters. The molecule has 182 valence electrons. The number of rotatable bonds is 2. The van der Waals surface area contributed by atoms with Crippen molar-refractivity contribution in [3.63, 3.8) is 0 Å². The smallest absolute Gasteiger partial charge is 0.354 e. The van der Waals surface area contributed by atoms with Gasteiger partial charge in [0, 0.05) is 24.8 Å². The van der Waals surface area contributed by atoms with Gasteiger partial charge in [-0.25, -0.2) is 0 Å². The van der Waals surface area contributed by atoms with E-state index in [4.69, 9.17) is 4.84 Å². The van der Waals surface area contributed by atoms with E-state index in [9.17, 15) is 31.1 Å². The fourth-order valence-corrected chi connectivity index (χ4v) is 6.16. The average molecular weight is 658 g/mol. The molecule has 3 aliphatic heterocycles. The molecular formula is C21H8Br2F6N2O2S2. The number of hydroxylamine groups is 1. The largest absolute Gasteiger partial charge is 0.454 e. The quantitative estimate of drug-likeness (QED) is 0.239. The number of allylic oxidation sites excluding steroid dienone is 3. The van der Waals surface area contributed by atoms with Crippen LogP contribution in [0.5, 0.6) is 0 Å². The molecule has 0 amide bonds. The molecule has 0 spiro atoms. The lowest BCUT2D eigenvalue weighted by atomic mass is 10.2. The molecule has 3 heterocycles. The number of anilines is 2. The van der Waals surface area contributed by atoms with Crippen LogP contribution in [-0.4, -0.2) is 18.1 Å². The van der Waals surface area contributed by atoms with Crippen LogP contribution in [0.15, 0.2) is 88.8 Å². The van der Waals surface area contributed by atoms with Crippen molar-refractivity contribution in [3.8, 4) is 0 Å². The standard InChI is InChI=1S/C21H8Br2F6N2O2S2/c22-9-1-3-14-12(5-9)30(17(34-14)8-16(32)21(27,28)29)19-11(20(24,25)26)7-18-31(33-19)13-6-10(23)2-4-15(13)35-18/h1-8H/b17-8+. The van der Waals surface area contributed by atoms with E-state index >= 15 is 0 Å². The van der Waals surface area contributed by atoms with Crippen molar-refractivity contribution in [3.05, 3.63) is 79.0 Å². The van der Waals surface area contributed by atoms with Crippen LogP contribution < -0.4 is 9.96 Å². The first-order valence-corrected chi connectivity index (χ1v) is 12.6. The number of hydrogen-bond donors (Lipinski definition) is 0. The number of carbonyl (C=O) groups is 1. The molecule has 3 aliphatic rings. The fraction of sp³-hybridized carbons (Fsp3) is 0.0952. The van der Waals surface area contributed by atoms with Crippen LogP contribution in [-0.2, 0) is 9.63 Å². The molecule has 2 aromatic carbocycles. The molecule has 4 nitrogen and oxygen atoms in total. The van der Waals surface area contributed by atoms with E-state index < -0.39 is 29.6 Å². The number of benzene rings is 2. The number of carbonyl (C=O) groups excluding carboxylic acids is 1. The van der Waals surface area contributed by atoms with E-state index in [-0.39, 0.29) is 21.8 Å². The van der Waals surface area contributed by atoms with Crippen LogP contribution in [0.4, 0.5) is 37.7 Å². The zero-order chi connectivity index (χ0) is 25.3. The number of nitrogens with zero attached hydrogens (tertiary/aromatic N) is 2. The summed E-state index contributed by atoms with van der Waals surface area (Å²) in [5, 5.41) is 0.932. The monoisotopic (exact) mass is 656 g/mol. The van der Waals surface area contributed by atoms with E-state index in [0.717, 1.165) is 34.5 Å². The van der Waals surface area contributed by atoms with Crippen LogP contribution >= 0.6 is 55.4 Å². The first kappa shape index (κ1) is 24.7. The Kier molecular flexibility index (Phi) is 6.01. The first-order chi connectivity index (χ1) is 16.3. The second kappa shape index (κ2) is 8.53. The lowest BCUT2D eigenvalue weighted by molar-refractivity contribution is -0.165. The van der Waals surface area contributed by atoms with Gasteiger partial charge < -0.3 is 4.84 Å². The minimum absolute atomic E-state index is 0.125. The third-order valence-electron chi connectivity index (χ3n) is 4.87. The van der Waals surface area contributed by atoms with E-state index in [1.807, 2.05) is 0 Å². The fourth-order valence-electron chi connectivity index (χ4n) is 3.40. The molecule has 0 atom stereocenters. The molecule has 35 heavy (non-hydrogen) atoms. The Balaban J connectivity index is 1.70. The minimum Gasteiger partial charge on any atom is -0.354 e. The summed E-state index contributed by atoms with van der Waals surface area (Å²) in [4.78, 5) is 19.4. The highest BCUT2D eigenvalue weighted by Crippen LogP contribution is 2.55. The van der Waals surface area contributed by atoms with Gasteiger partial charge in [-0.1, -0.05) is 55.4 Å². The molecule has 0 bridgehead atoms. The van der Waals surface area contributed by atoms with Gasteiger partial charge >= 0.3 is 12.4 Å². The van der Waals surface area contributed by atoms with Gasteiger partial charge in [0.1, 0.15) is 10.6 Å². The highest BCUT2D eigenvalue weighted by Gasteiger charge is 2.47. The van der Waals surface area contributed by atoms with Gasteiger partial charge in [0.2, 0.25) is 5.88 Å². The van der Waals surface area contributed by atoms with E-state index in [1.54, 1.807) is 24.3 Å². The Bertz CT molecular complexity index is 1370. The zero-order valence-corrected chi connectivity index (χ0v) is 21.5. The molecular weight excluding hydrogens is 650 g/mol. The summed E-state index contributed by atoms with van der Waals surface area (Å²) < 4.78 is 82.8. The van der Waals surface area contributed by atoms with Gasteiger partial charge in [0.15, 0.2) is 0 Å². The van der Waals surface area contributed by atoms with Gasteiger partial charge in [-0.2, -0.15) is 31.4 Å². The van der Waals surface area contributed by atoms with Crippen molar-refractivity contribution in [1.82, 2.24) is 0 Å². The van der Waals surface area contributed by atoms with Gasteiger partial charge in [0.25, 0.3) is 5.78 Å². The van der Waals surface area contributed by atoms with Crippen molar-refractivity contribution in [2.75, 3.05) is 9.96 Å². The first-order valence-electron chi connectivity index (χ1n) is 9.42. The van der Waals surface area contributed by atoms with Crippen LogP contribution in [0, 0.1) is 0 Å². The number of ketones is 1. The highest BCUT2D eigenvalue weighted by atomic mass is 79.9. The number of hydrogen-bond acceptors (Lipinski definition) is 6. The van der Waals surface area contributed by atoms with Crippen LogP contribution in [0.1, 0.15) is 0 Å². The maximum atomic E-state index is 14.2. The molecule has 0 radical (unpaired) electrons. The van der Waals surface area contributed by atoms with Gasteiger partial charge in [0.05, 0.1) is 16.4 Å². The molecule has 0 fully saturated rings. The number of alkyl halides is 6. The van der Waals surface area contributed by atoms with Crippen molar-refractivity contribution < 1.29 is 36.0 Å². The molecule has 0 aliphatic carbocycles. The molecule has 14 heteroatoms. The van der Waals surface area contributed by atoms with Crippen molar-refractivity contribution in [1.29, 1.82) is 0 Å². The zero-order valence-electron chi connectivity index (χ0n) is 16.7. The Morgan fingerprint density at radius 2 is 1.51 bits per heavy atom. The Labute approximate surface area is 218 Å². The predicted octanol–water partition coefficient (Wildman–Crippen LogP) is 8.27. The van der Waals surface area contributed by atoms with E-state index in [1.165, 1.54) is 17.2 Å². The molecule has 5 rings (SSSR count). The van der Waals surface area contributed by atoms with Crippen LogP contribution in [0.25, 0.3) is 0 Å². The summed E-state index contributed by atoms with van der Waals surface area (Å²) in [7, 11) is 0. The van der Waals surface area contributed by atoms with Gasteiger partial charge in [-0.05, 0) is 42.5 Å². The molecule has 0 N–H and O–H groups in total. The second-order valence-electron chi connectivity index (χ2n) is 7.19. The van der Waals surface area contributed by atoms with Gasteiger partial charge in [-0.15, -0.1) is 0 Å². The summed E-state index contributed by atoms with van der Waals surface area (Å²) in [6.07, 6.45) is -8.97. The van der Waals surface area contributed by atoms with Gasteiger partial charge in [-0.3, -0.25) is 9.69 Å². The summed E-state index contributed by atoms with van der Waals surface area (Å²) in [6, 6.07) is 9.61. The summed E-state index contributed by atoms with van der Waals surface area (Å²) in [6.45, 7) is 0. The van der Waals surface area contributed by atoms with Crippen molar-refractivity contribution in [2.45, 2.75) is 22.1 Å². The maximum absolute atomic E-state index is 14.2. The molecule has 0 aromatic heterocycles. The minimum atomic E-state index is -5.20. The van der Waals surface area contributed by atoms with Crippen molar-refractivity contribution >= 4 is 72.5 Å². The number of halogens is 8. The summed E-state index contributed by atoms with van der Waals surface area (Å²) in [5.74, 6) is -2.98. The topological polar surface area (TPSA) is 32.8 Å². The van der Waals surface area contributed by atoms with Crippen LogP contribution in [0.3, 0.4) is 0 Å². The third-order valence-corrected chi connectivity index (χ3v) is 7.99. The summed E-state index contributed by atoms with van der Waals surface area (Å²) >= 11 is 8.34. The molecule has 0 saturated heterocycles. The lowest BCUT2D eigenvalue weighted by Gasteiger charge is -2.33. The Morgan fingerprint density at radius 3 is 2.11 bits per heavy atom. The maximum Gasteiger partial charge on any atom is 0.454 e. The molecule has 2 aromatic rings. The lowest BCUT2D eigenvalue weighted by Crippen LogP contribution is -2.34. The van der Waals surface area contributed by atoms with E-state index in [2.05, 4.69) is 31.9 Å². The SMILES string of the molecule is O=C(/C=C1/Sc2ccc(Br)cc2N1C1=C(C(F)(F)F)C=C2Sc3ccc(Br)cc3N2O1)C(F)(F)F. The van der Waals surface area contributed by atoms with Crippen LogP contribution in [0.2, 0.25) is 0 Å². The Morgan fingerprint density at radius 1 is 0.914 bits per heavy atom. The summed E-state index contributed by atoms with van der Waals surface area (Å²) in [5.41, 5.74) is -0.630. The normalized spacial score (nSPS) is 18.4. The third kappa shape index (κ3) is 4.49. The number of fused-ring (bicyclic) bond motifs is 4. The van der Waals surface area contributed by atoms with E-state index in [0.29, 0.717) is 24.4 Å². The van der Waals surface area contributed by atoms with Crippen molar-refractivity contribution in [2.24, 2.45) is 0 Å². The highest BCUT2D eigenvalue weighted by molar-refractivity contribution is 9.10. The Hall–Kier alpha value is -2.03. The predicted molar refractivity (Wildman–Crippen MR) is 126 cm³/mol. The number of thioether (sulfide) groups is 2. The average Bonchev–Trinajstić information content (AvgIpc) is 3.28.